The number of sulfonamides is 1. The van der Waals surface area contributed by atoms with Crippen molar-refractivity contribution in [2.75, 3.05) is 24.7 Å². The van der Waals surface area contributed by atoms with Crippen molar-refractivity contribution in [3.63, 3.8) is 0 Å². The van der Waals surface area contributed by atoms with Crippen LogP contribution in [-0.4, -0.2) is 50.0 Å². The SMILES string of the molecule is C#Cc1ccc(OC2CCN(S(C)(=O)=O)CC2)c([C@H]2NC(=O)C[C@@H](c3cccc(Cl)c3)C23C(=O)Nc2cc(Cl)ccc23)c1. The van der Waals surface area contributed by atoms with Gasteiger partial charge in [0.05, 0.1) is 12.3 Å². The molecule has 2 saturated heterocycles. The Morgan fingerprint density at radius 2 is 1.77 bits per heavy atom. The minimum atomic E-state index is -3.31. The summed E-state index contributed by atoms with van der Waals surface area (Å²) in [6.45, 7) is 0.664. The van der Waals surface area contributed by atoms with Crippen LogP contribution in [0.5, 0.6) is 5.75 Å². The van der Waals surface area contributed by atoms with E-state index in [0.717, 1.165) is 5.56 Å². The van der Waals surface area contributed by atoms with Crippen molar-refractivity contribution in [2.24, 2.45) is 0 Å². The van der Waals surface area contributed by atoms with E-state index in [0.29, 0.717) is 64.1 Å². The summed E-state index contributed by atoms with van der Waals surface area (Å²) in [5.74, 6) is 2.00. The quantitative estimate of drug-likeness (QED) is 0.383. The molecule has 3 aliphatic rings. The third-order valence-corrected chi connectivity index (χ3v) is 10.4. The van der Waals surface area contributed by atoms with Gasteiger partial charge >= 0.3 is 0 Å². The minimum absolute atomic E-state index is 0.0430. The van der Waals surface area contributed by atoms with Crippen LogP contribution in [0.25, 0.3) is 0 Å². The van der Waals surface area contributed by atoms with Crippen molar-refractivity contribution in [1.82, 2.24) is 9.62 Å². The summed E-state index contributed by atoms with van der Waals surface area (Å²) < 4.78 is 32.1. The molecule has 3 aromatic rings. The molecular formula is C32H29Cl2N3O5S. The van der Waals surface area contributed by atoms with Gasteiger partial charge in [-0.2, -0.15) is 0 Å². The second-order valence-electron chi connectivity index (χ2n) is 11.2. The first kappa shape index (κ1) is 29.5. The number of nitrogens with zero attached hydrogens (tertiary/aromatic N) is 1. The number of rotatable bonds is 5. The predicted octanol–water partition coefficient (Wildman–Crippen LogP) is 5.01. The number of benzene rings is 3. The summed E-state index contributed by atoms with van der Waals surface area (Å²) in [4.78, 5) is 27.9. The molecule has 3 aliphatic heterocycles. The molecule has 222 valence electrons. The molecule has 3 heterocycles. The van der Waals surface area contributed by atoms with Crippen LogP contribution in [0.1, 0.15) is 53.5 Å². The first-order valence-corrected chi connectivity index (χ1v) is 16.5. The fourth-order valence-corrected chi connectivity index (χ4v) is 7.95. The zero-order chi connectivity index (χ0) is 30.5. The molecule has 2 fully saturated rings. The Labute approximate surface area is 260 Å². The molecule has 3 aromatic carbocycles. The highest BCUT2D eigenvalue weighted by Gasteiger charge is 2.61. The fourth-order valence-electron chi connectivity index (χ4n) is 6.70. The van der Waals surface area contributed by atoms with Gasteiger partial charge in [0.15, 0.2) is 0 Å². The van der Waals surface area contributed by atoms with Gasteiger partial charge in [-0.15, -0.1) is 6.42 Å². The third-order valence-electron chi connectivity index (χ3n) is 8.65. The normalized spacial score (nSPS) is 24.2. The molecule has 0 radical (unpaired) electrons. The van der Waals surface area contributed by atoms with Crippen LogP contribution in [0.2, 0.25) is 10.0 Å². The maximum Gasteiger partial charge on any atom is 0.238 e. The van der Waals surface area contributed by atoms with Crippen molar-refractivity contribution in [3.8, 4) is 18.1 Å². The monoisotopic (exact) mass is 637 g/mol. The topological polar surface area (TPSA) is 105 Å². The van der Waals surface area contributed by atoms with Gasteiger partial charge < -0.3 is 15.4 Å². The van der Waals surface area contributed by atoms with E-state index in [4.69, 9.17) is 34.4 Å². The number of carbonyl (C=O) groups is 2. The van der Waals surface area contributed by atoms with Crippen LogP contribution in [0.4, 0.5) is 5.69 Å². The summed E-state index contributed by atoms with van der Waals surface area (Å²) in [6, 6.07) is 16.9. The Hall–Kier alpha value is -3.55. The van der Waals surface area contributed by atoms with Crippen LogP contribution < -0.4 is 15.4 Å². The highest BCUT2D eigenvalue weighted by molar-refractivity contribution is 7.88. The summed E-state index contributed by atoms with van der Waals surface area (Å²) in [5.41, 5.74) is 1.81. The summed E-state index contributed by atoms with van der Waals surface area (Å²) >= 11 is 12.8. The molecule has 8 nitrogen and oxygen atoms in total. The van der Waals surface area contributed by atoms with E-state index in [2.05, 4.69) is 16.6 Å². The Morgan fingerprint density at radius 3 is 2.47 bits per heavy atom. The first-order chi connectivity index (χ1) is 20.5. The first-order valence-electron chi connectivity index (χ1n) is 13.9. The van der Waals surface area contributed by atoms with E-state index >= 15 is 0 Å². The van der Waals surface area contributed by atoms with Crippen molar-refractivity contribution in [2.45, 2.75) is 42.7 Å². The molecule has 1 spiro atoms. The summed E-state index contributed by atoms with van der Waals surface area (Å²) in [7, 11) is -3.31. The molecule has 0 aliphatic carbocycles. The summed E-state index contributed by atoms with van der Waals surface area (Å²) in [5, 5.41) is 7.10. The molecule has 6 rings (SSSR count). The molecule has 3 atom stereocenters. The van der Waals surface area contributed by atoms with Crippen molar-refractivity contribution < 1.29 is 22.7 Å². The second kappa shape index (κ2) is 11.2. The minimum Gasteiger partial charge on any atom is -0.490 e. The lowest BCUT2D eigenvalue weighted by molar-refractivity contribution is -0.131. The lowest BCUT2D eigenvalue weighted by Gasteiger charge is -2.47. The van der Waals surface area contributed by atoms with Crippen LogP contribution in [-0.2, 0) is 25.0 Å². The average Bonchev–Trinajstić information content (AvgIpc) is 3.25. The molecular weight excluding hydrogens is 609 g/mol. The van der Waals surface area contributed by atoms with E-state index in [9.17, 15) is 18.0 Å². The number of hydrogen-bond donors (Lipinski definition) is 2. The molecule has 43 heavy (non-hydrogen) atoms. The smallest absolute Gasteiger partial charge is 0.238 e. The Kier molecular flexibility index (Phi) is 7.68. The number of anilines is 1. The second-order valence-corrected chi connectivity index (χ2v) is 14.1. The van der Waals surface area contributed by atoms with Gasteiger partial charge in [-0.25, -0.2) is 12.7 Å². The number of hydrogen-bond acceptors (Lipinski definition) is 5. The number of amides is 2. The van der Waals surface area contributed by atoms with Crippen LogP contribution in [0.3, 0.4) is 0 Å². The Bertz CT molecular complexity index is 1780. The van der Waals surface area contributed by atoms with Crippen molar-refractivity contribution >= 4 is 50.7 Å². The maximum absolute atomic E-state index is 14.4. The number of nitrogens with one attached hydrogen (secondary N) is 2. The largest absolute Gasteiger partial charge is 0.490 e. The highest BCUT2D eigenvalue weighted by atomic mass is 35.5. The van der Waals surface area contributed by atoms with Crippen LogP contribution in [0, 0.1) is 12.3 Å². The average molecular weight is 639 g/mol. The summed E-state index contributed by atoms with van der Waals surface area (Å²) in [6.07, 6.45) is 7.75. The number of terminal acetylenes is 1. The molecule has 2 amide bonds. The van der Waals surface area contributed by atoms with Gasteiger partial charge in [0.1, 0.15) is 17.3 Å². The molecule has 1 unspecified atom stereocenters. The standard InChI is InChI=1S/C32H29Cl2N3O5S/c1-3-19-7-10-28(42-23-11-13-37(14-12-23)43(2,40)41)24(15-19)30-32(25-9-8-22(34)17-27(25)35-31(32)39)26(18-29(38)36-30)20-5-4-6-21(33)16-20/h1,4-10,15-17,23,26,30H,11-14,18H2,2H3,(H,35,39)(H,36,38)/t26-,30+,32?/m0/s1. The Balaban J connectivity index is 1.51. The maximum atomic E-state index is 14.4. The van der Waals surface area contributed by atoms with Crippen molar-refractivity contribution in [3.05, 3.63) is 93.0 Å². The lowest BCUT2D eigenvalue weighted by atomic mass is 9.59. The lowest BCUT2D eigenvalue weighted by Crippen LogP contribution is -2.57. The molecule has 11 heteroatoms. The van der Waals surface area contributed by atoms with Gasteiger partial charge in [0.2, 0.25) is 21.8 Å². The Morgan fingerprint density at radius 1 is 1.02 bits per heavy atom. The zero-order valence-corrected chi connectivity index (χ0v) is 25.6. The van der Waals surface area contributed by atoms with Crippen LogP contribution in [0.15, 0.2) is 60.7 Å². The predicted molar refractivity (Wildman–Crippen MR) is 166 cm³/mol. The van der Waals surface area contributed by atoms with Gasteiger partial charge in [-0.3, -0.25) is 9.59 Å². The third kappa shape index (κ3) is 5.27. The van der Waals surface area contributed by atoms with Crippen molar-refractivity contribution in [1.29, 1.82) is 0 Å². The highest BCUT2D eigenvalue weighted by Crippen LogP contribution is 2.58. The van der Waals surface area contributed by atoms with E-state index in [1.54, 1.807) is 48.5 Å². The van der Waals surface area contributed by atoms with Crippen LogP contribution >= 0.6 is 23.2 Å². The number of fused-ring (bicyclic) bond motifs is 2. The van der Waals surface area contributed by atoms with E-state index in [-0.39, 0.29) is 24.3 Å². The van der Waals surface area contributed by atoms with E-state index in [1.165, 1.54) is 10.6 Å². The molecule has 0 aromatic heterocycles. The van der Waals surface area contributed by atoms with Gasteiger partial charge in [0, 0.05) is 52.3 Å². The van der Waals surface area contributed by atoms with Gasteiger partial charge in [0.25, 0.3) is 0 Å². The van der Waals surface area contributed by atoms with E-state index < -0.39 is 27.4 Å². The fraction of sp³-hybridized carbons (Fsp3) is 0.312. The molecule has 0 saturated carbocycles. The van der Waals surface area contributed by atoms with Gasteiger partial charge in [-0.1, -0.05) is 47.3 Å². The zero-order valence-electron chi connectivity index (χ0n) is 23.3. The number of halogens is 2. The number of carbonyl (C=O) groups excluding carboxylic acids is 2. The van der Waals surface area contributed by atoms with E-state index in [1.807, 2.05) is 12.1 Å². The molecule has 0 bridgehead atoms. The number of piperidine rings is 2. The van der Waals surface area contributed by atoms with Gasteiger partial charge in [-0.05, 0) is 66.4 Å². The molecule has 2 N–H and O–H groups in total. The number of ether oxygens (including phenoxy) is 1.